The molecule has 0 unspecified atom stereocenters. The number of urea groups is 1. The number of amides is 2. The molecule has 1 fully saturated rings. The standard InChI is InChI=1S/C21H23N5OS/c1-15-10-11-17(18(14-15)26-12-6-3-7-13-26)22-20(27)24-21-23-19(25-28-21)16-8-4-2-5-9-16/h2,4-5,8-11,14H,3,6-7,12-13H2,1H3,(H2,22,23,24,25,27). The van der Waals surface area contributed by atoms with Crippen molar-refractivity contribution >= 4 is 34.1 Å². The van der Waals surface area contributed by atoms with Crippen LogP contribution in [0.25, 0.3) is 11.4 Å². The summed E-state index contributed by atoms with van der Waals surface area (Å²) < 4.78 is 4.33. The van der Waals surface area contributed by atoms with E-state index in [0.29, 0.717) is 11.0 Å². The molecule has 1 aliphatic heterocycles. The first kappa shape index (κ1) is 18.4. The molecule has 0 aliphatic carbocycles. The van der Waals surface area contributed by atoms with Crippen molar-refractivity contribution in [3.8, 4) is 11.4 Å². The second kappa shape index (κ2) is 8.39. The van der Waals surface area contributed by atoms with E-state index in [0.717, 1.165) is 30.0 Å². The van der Waals surface area contributed by atoms with Gasteiger partial charge in [-0.25, -0.2) is 4.79 Å². The molecule has 2 amide bonds. The number of nitrogens with zero attached hydrogens (tertiary/aromatic N) is 3. The Kier molecular flexibility index (Phi) is 5.53. The average Bonchev–Trinajstić information content (AvgIpc) is 3.19. The highest BCUT2D eigenvalue weighted by molar-refractivity contribution is 7.10. The number of anilines is 3. The largest absolute Gasteiger partial charge is 0.370 e. The first-order valence-electron chi connectivity index (χ1n) is 9.52. The minimum absolute atomic E-state index is 0.308. The normalized spacial score (nSPS) is 14.0. The van der Waals surface area contributed by atoms with Crippen LogP contribution in [0.15, 0.2) is 48.5 Å². The van der Waals surface area contributed by atoms with Gasteiger partial charge in [0.2, 0.25) is 5.13 Å². The number of hydrogen-bond donors (Lipinski definition) is 2. The van der Waals surface area contributed by atoms with Crippen LogP contribution in [-0.4, -0.2) is 28.5 Å². The monoisotopic (exact) mass is 393 g/mol. The van der Waals surface area contributed by atoms with Crippen LogP contribution in [0.3, 0.4) is 0 Å². The Morgan fingerprint density at radius 2 is 1.82 bits per heavy atom. The quantitative estimate of drug-likeness (QED) is 0.643. The van der Waals surface area contributed by atoms with E-state index in [2.05, 4.69) is 37.9 Å². The van der Waals surface area contributed by atoms with Gasteiger partial charge >= 0.3 is 6.03 Å². The average molecular weight is 394 g/mol. The zero-order chi connectivity index (χ0) is 19.3. The third-order valence-electron chi connectivity index (χ3n) is 4.78. The van der Waals surface area contributed by atoms with E-state index in [-0.39, 0.29) is 6.03 Å². The summed E-state index contributed by atoms with van der Waals surface area (Å²) in [7, 11) is 0. The van der Waals surface area contributed by atoms with Crippen molar-refractivity contribution in [1.29, 1.82) is 0 Å². The number of nitrogens with one attached hydrogen (secondary N) is 2. The maximum absolute atomic E-state index is 12.5. The minimum Gasteiger partial charge on any atom is -0.370 e. The van der Waals surface area contributed by atoms with Crippen molar-refractivity contribution in [1.82, 2.24) is 9.36 Å². The van der Waals surface area contributed by atoms with Crippen molar-refractivity contribution in [3.63, 3.8) is 0 Å². The molecule has 0 radical (unpaired) electrons. The number of piperidine rings is 1. The molecule has 0 bridgehead atoms. The maximum atomic E-state index is 12.5. The van der Waals surface area contributed by atoms with Gasteiger partial charge in [0.1, 0.15) is 0 Å². The van der Waals surface area contributed by atoms with Gasteiger partial charge in [-0.1, -0.05) is 36.4 Å². The summed E-state index contributed by atoms with van der Waals surface area (Å²) in [5.74, 6) is 0.616. The molecule has 2 heterocycles. The second-order valence-corrected chi connectivity index (χ2v) is 7.69. The van der Waals surface area contributed by atoms with E-state index in [1.807, 2.05) is 42.5 Å². The van der Waals surface area contributed by atoms with Crippen LogP contribution in [0, 0.1) is 6.92 Å². The van der Waals surface area contributed by atoms with Crippen LogP contribution in [0.2, 0.25) is 0 Å². The van der Waals surface area contributed by atoms with Gasteiger partial charge in [0.15, 0.2) is 5.82 Å². The molecule has 0 atom stereocenters. The summed E-state index contributed by atoms with van der Waals surface area (Å²) in [5.41, 5.74) is 4.01. The van der Waals surface area contributed by atoms with E-state index in [1.54, 1.807) is 0 Å². The van der Waals surface area contributed by atoms with E-state index in [4.69, 9.17) is 0 Å². The van der Waals surface area contributed by atoms with Gasteiger partial charge in [0, 0.05) is 30.2 Å². The zero-order valence-corrected chi connectivity index (χ0v) is 16.6. The van der Waals surface area contributed by atoms with E-state index >= 15 is 0 Å². The fraction of sp³-hybridized carbons (Fsp3) is 0.286. The smallest absolute Gasteiger partial charge is 0.325 e. The Bertz CT molecular complexity index is 950. The highest BCUT2D eigenvalue weighted by atomic mass is 32.1. The minimum atomic E-state index is -0.308. The SMILES string of the molecule is Cc1ccc(NC(=O)Nc2nc(-c3ccccc3)ns2)c(N2CCCCC2)c1. The van der Waals surface area contributed by atoms with Crippen LogP contribution in [0.4, 0.5) is 21.3 Å². The number of carbonyl (C=O) groups excluding carboxylic acids is 1. The van der Waals surface area contributed by atoms with Crippen LogP contribution < -0.4 is 15.5 Å². The van der Waals surface area contributed by atoms with Gasteiger partial charge in [-0.2, -0.15) is 9.36 Å². The third-order valence-corrected chi connectivity index (χ3v) is 5.41. The molecule has 2 aromatic carbocycles. The van der Waals surface area contributed by atoms with E-state index < -0.39 is 0 Å². The summed E-state index contributed by atoms with van der Waals surface area (Å²) in [4.78, 5) is 19.3. The molecule has 1 saturated heterocycles. The summed E-state index contributed by atoms with van der Waals surface area (Å²) in [5, 5.41) is 6.26. The van der Waals surface area contributed by atoms with Gasteiger partial charge in [0.05, 0.1) is 11.4 Å². The Morgan fingerprint density at radius 1 is 1.04 bits per heavy atom. The van der Waals surface area contributed by atoms with Gasteiger partial charge in [0.25, 0.3) is 0 Å². The maximum Gasteiger partial charge on any atom is 0.325 e. The van der Waals surface area contributed by atoms with Gasteiger partial charge in [-0.05, 0) is 43.9 Å². The van der Waals surface area contributed by atoms with Crippen molar-refractivity contribution in [3.05, 3.63) is 54.1 Å². The zero-order valence-electron chi connectivity index (χ0n) is 15.8. The summed E-state index contributed by atoms with van der Waals surface area (Å²) >= 11 is 1.17. The highest BCUT2D eigenvalue weighted by Gasteiger charge is 2.17. The fourth-order valence-corrected chi connectivity index (χ4v) is 3.96. The van der Waals surface area contributed by atoms with Crippen molar-refractivity contribution < 1.29 is 4.79 Å². The predicted molar refractivity (Wildman–Crippen MR) is 115 cm³/mol. The summed E-state index contributed by atoms with van der Waals surface area (Å²) in [6, 6.07) is 15.5. The molecule has 6 nitrogen and oxygen atoms in total. The molecule has 1 aliphatic rings. The van der Waals surface area contributed by atoms with Gasteiger partial charge in [-0.3, -0.25) is 5.32 Å². The van der Waals surface area contributed by atoms with E-state index in [1.165, 1.54) is 36.4 Å². The molecule has 4 rings (SSSR count). The van der Waals surface area contributed by atoms with Crippen LogP contribution in [-0.2, 0) is 0 Å². The third kappa shape index (κ3) is 4.31. The molecular formula is C21H23N5OS. The van der Waals surface area contributed by atoms with Crippen LogP contribution >= 0.6 is 11.5 Å². The lowest BCUT2D eigenvalue weighted by molar-refractivity contribution is 0.262. The van der Waals surface area contributed by atoms with Crippen LogP contribution in [0.5, 0.6) is 0 Å². The number of aryl methyl sites for hydroxylation is 1. The Labute approximate surface area is 168 Å². The summed E-state index contributed by atoms with van der Waals surface area (Å²) in [6.45, 7) is 4.12. The predicted octanol–water partition coefficient (Wildman–Crippen LogP) is 5.15. The lowest BCUT2D eigenvalue weighted by Gasteiger charge is -2.30. The van der Waals surface area contributed by atoms with Crippen molar-refractivity contribution in [2.24, 2.45) is 0 Å². The Morgan fingerprint density at radius 3 is 2.61 bits per heavy atom. The molecular weight excluding hydrogens is 370 g/mol. The number of hydrogen-bond acceptors (Lipinski definition) is 5. The first-order valence-corrected chi connectivity index (χ1v) is 10.3. The highest BCUT2D eigenvalue weighted by Crippen LogP contribution is 2.30. The number of rotatable bonds is 4. The topological polar surface area (TPSA) is 70.1 Å². The lowest BCUT2D eigenvalue weighted by atomic mass is 10.1. The number of benzene rings is 2. The fourth-order valence-electron chi connectivity index (χ4n) is 3.37. The Hall–Kier alpha value is -2.93. The van der Waals surface area contributed by atoms with Gasteiger partial charge in [-0.15, -0.1) is 0 Å². The molecule has 7 heteroatoms. The molecule has 1 aromatic heterocycles. The molecule has 144 valence electrons. The molecule has 3 aromatic rings. The summed E-state index contributed by atoms with van der Waals surface area (Å²) in [6.07, 6.45) is 3.64. The first-order chi connectivity index (χ1) is 13.7. The lowest BCUT2D eigenvalue weighted by Crippen LogP contribution is -2.31. The van der Waals surface area contributed by atoms with E-state index in [9.17, 15) is 4.79 Å². The Balaban J connectivity index is 1.46. The van der Waals surface area contributed by atoms with Crippen LogP contribution in [0.1, 0.15) is 24.8 Å². The molecule has 2 N–H and O–H groups in total. The second-order valence-electron chi connectivity index (χ2n) is 6.94. The molecule has 0 spiro atoms. The van der Waals surface area contributed by atoms with Crippen molar-refractivity contribution in [2.75, 3.05) is 28.6 Å². The van der Waals surface area contributed by atoms with Gasteiger partial charge < -0.3 is 10.2 Å². The molecule has 0 saturated carbocycles. The molecule has 28 heavy (non-hydrogen) atoms. The number of carbonyl (C=O) groups is 1. The number of aromatic nitrogens is 2. The van der Waals surface area contributed by atoms with Crippen molar-refractivity contribution in [2.45, 2.75) is 26.2 Å².